The number of rotatable bonds is 4. The molecule has 0 radical (unpaired) electrons. The van der Waals surface area contributed by atoms with E-state index in [2.05, 4.69) is 31.2 Å². The standard InChI is InChI=1S/C14H16BrN3O2/c1-8(2)16-7-11-17-13(19)12(14(20)18-11)9-5-3-4-6-10(9)15/h3-6,8,16H,7H2,1-2H3,(H2,17,18,19,20). The molecule has 1 heterocycles. The molecule has 0 spiro atoms. The number of aromatic hydroxyl groups is 1. The van der Waals surface area contributed by atoms with Crippen LogP contribution in [0, 0.1) is 0 Å². The van der Waals surface area contributed by atoms with Gasteiger partial charge in [-0.25, -0.2) is 0 Å². The molecule has 0 fully saturated rings. The number of nitrogens with zero attached hydrogens (tertiary/aromatic N) is 1. The first-order valence-corrected chi connectivity index (χ1v) is 7.08. The lowest BCUT2D eigenvalue weighted by molar-refractivity contribution is 0.446. The Kier molecular flexibility index (Phi) is 4.57. The van der Waals surface area contributed by atoms with Gasteiger partial charge in [-0.2, -0.15) is 4.98 Å². The number of H-pyrrole nitrogens is 1. The molecular formula is C14H16BrN3O2. The van der Waals surface area contributed by atoms with E-state index < -0.39 is 0 Å². The van der Waals surface area contributed by atoms with Gasteiger partial charge in [0.15, 0.2) is 0 Å². The fourth-order valence-electron chi connectivity index (χ4n) is 1.80. The third-order valence-corrected chi connectivity index (χ3v) is 3.46. The van der Waals surface area contributed by atoms with Crippen molar-refractivity contribution in [3.63, 3.8) is 0 Å². The van der Waals surface area contributed by atoms with Crippen LogP contribution in [0.25, 0.3) is 11.1 Å². The largest absolute Gasteiger partial charge is 0.493 e. The SMILES string of the molecule is CC(C)NCc1nc(O)c(-c2ccccc2Br)c(=O)[nH]1. The fourth-order valence-corrected chi connectivity index (χ4v) is 2.28. The van der Waals surface area contributed by atoms with E-state index in [1.165, 1.54) is 0 Å². The Balaban J connectivity index is 2.42. The van der Waals surface area contributed by atoms with Crippen LogP contribution in [0.3, 0.4) is 0 Å². The van der Waals surface area contributed by atoms with Crippen molar-refractivity contribution in [2.45, 2.75) is 26.4 Å². The zero-order valence-electron chi connectivity index (χ0n) is 11.3. The average molecular weight is 338 g/mol. The number of hydrogen-bond donors (Lipinski definition) is 3. The molecule has 0 aliphatic rings. The van der Waals surface area contributed by atoms with Crippen LogP contribution >= 0.6 is 15.9 Å². The summed E-state index contributed by atoms with van der Waals surface area (Å²) in [7, 11) is 0. The third kappa shape index (κ3) is 3.26. The van der Waals surface area contributed by atoms with Crippen LogP contribution in [0.15, 0.2) is 33.5 Å². The molecule has 1 aromatic carbocycles. The van der Waals surface area contributed by atoms with Crippen molar-refractivity contribution < 1.29 is 5.11 Å². The molecule has 5 nitrogen and oxygen atoms in total. The van der Waals surface area contributed by atoms with Crippen molar-refractivity contribution in [2.75, 3.05) is 0 Å². The van der Waals surface area contributed by atoms with Crippen molar-refractivity contribution in [2.24, 2.45) is 0 Å². The van der Waals surface area contributed by atoms with E-state index in [1.807, 2.05) is 26.0 Å². The van der Waals surface area contributed by atoms with E-state index in [0.717, 1.165) is 4.47 Å². The molecule has 0 saturated carbocycles. The zero-order valence-corrected chi connectivity index (χ0v) is 12.9. The molecule has 2 aromatic rings. The molecule has 2 rings (SSSR count). The summed E-state index contributed by atoms with van der Waals surface area (Å²) in [5.74, 6) is 0.151. The summed E-state index contributed by atoms with van der Waals surface area (Å²) in [5, 5.41) is 13.2. The van der Waals surface area contributed by atoms with E-state index in [4.69, 9.17) is 0 Å². The van der Waals surface area contributed by atoms with E-state index in [0.29, 0.717) is 17.9 Å². The molecule has 0 aliphatic carbocycles. The number of aromatic amines is 1. The average Bonchev–Trinajstić information content (AvgIpc) is 2.38. The Morgan fingerprint density at radius 3 is 2.70 bits per heavy atom. The molecular weight excluding hydrogens is 322 g/mol. The summed E-state index contributed by atoms with van der Waals surface area (Å²) in [6.45, 7) is 4.39. The van der Waals surface area contributed by atoms with Gasteiger partial charge in [-0.1, -0.05) is 48.0 Å². The molecule has 6 heteroatoms. The Morgan fingerprint density at radius 2 is 2.10 bits per heavy atom. The van der Waals surface area contributed by atoms with Crippen LogP contribution in [0.4, 0.5) is 0 Å². The van der Waals surface area contributed by atoms with E-state index in [1.54, 1.807) is 12.1 Å². The van der Waals surface area contributed by atoms with Crippen LogP contribution in [-0.2, 0) is 6.54 Å². The summed E-state index contributed by atoms with van der Waals surface area (Å²) in [5.41, 5.74) is 0.429. The second-order valence-electron chi connectivity index (χ2n) is 4.73. The van der Waals surface area contributed by atoms with Gasteiger partial charge in [-0.15, -0.1) is 0 Å². The Hall–Kier alpha value is -1.66. The first-order chi connectivity index (χ1) is 9.49. The van der Waals surface area contributed by atoms with Gasteiger partial charge in [0.05, 0.1) is 6.54 Å². The topological polar surface area (TPSA) is 78.0 Å². The van der Waals surface area contributed by atoms with Crippen LogP contribution in [0.5, 0.6) is 5.88 Å². The number of nitrogens with one attached hydrogen (secondary N) is 2. The van der Waals surface area contributed by atoms with E-state index in [9.17, 15) is 9.90 Å². The quantitative estimate of drug-likeness (QED) is 0.800. The normalized spacial score (nSPS) is 11.0. The molecule has 1 aromatic heterocycles. The van der Waals surface area contributed by atoms with Crippen molar-refractivity contribution in [1.29, 1.82) is 0 Å². The highest BCUT2D eigenvalue weighted by atomic mass is 79.9. The maximum atomic E-state index is 12.2. The maximum Gasteiger partial charge on any atom is 0.262 e. The van der Waals surface area contributed by atoms with Gasteiger partial charge in [0.25, 0.3) is 5.56 Å². The minimum absolute atomic E-state index is 0.172. The Labute approximate surface area is 125 Å². The van der Waals surface area contributed by atoms with Gasteiger partial charge in [-0.3, -0.25) is 4.79 Å². The van der Waals surface area contributed by atoms with Crippen molar-refractivity contribution >= 4 is 15.9 Å². The lowest BCUT2D eigenvalue weighted by Gasteiger charge is -2.10. The van der Waals surface area contributed by atoms with Gasteiger partial charge in [0, 0.05) is 16.1 Å². The number of hydrogen-bond acceptors (Lipinski definition) is 4. The van der Waals surface area contributed by atoms with Gasteiger partial charge in [0.2, 0.25) is 5.88 Å². The molecule has 0 saturated heterocycles. The Morgan fingerprint density at radius 1 is 1.40 bits per heavy atom. The number of halogens is 1. The summed E-state index contributed by atoms with van der Waals surface area (Å²) < 4.78 is 0.732. The molecule has 106 valence electrons. The molecule has 0 aliphatic heterocycles. The molecule has 0 atom stereocenters. The first-order valence-electron chi connectivity index (χ1n) is 6.29. The number of benzene rings is 1. The van der Waals surface area contributed by atoms with Gasteiger partial charge >= 0.3 is 0 Å². The summed E-state index contributed by atoms with van der Waals surface area (Å²) in [6.07, 6.45) is 0. The molecule has 3 N–H and O–H groups in total. The second kappa shape index (κ2) is 6.19. The van der Waals surface area contributed by atoms with Crippen LogP contribution < -0.4 is 10.9 Å². The summed E-state index contributed by atoms with van der Waals surface area (Å²) >= 11 is 3.37. The predicted octanol–water partition coefficient (Wildman–Crippen LogP) is 2.40. The first kappa shape index (κ1) is 14.7. The van der Waals surface area contributed by atoms with Crippen LogP contribution in [0.1, 0.15) is 19.7 Å². The number of aromatic nitrogens is 2. The molecule has 0 unspecified atom stereocenters. The lowest BCUT2D eigenvalue weighted by atomic mass is 10.1. The van der Waals surface area contributed by atoms with Gasteiger partial charge in [-0.05, 0) is 6.07 Å². The van der Waals surface area contributed by atoms with Gasteiger partial charge in [0.1, 0.15) is 11.4 Å². The summed E-state index contributed by atoms with van der Waals surface area (Å²) in [4.78, 5) is 18.9. The van der Waals surface area contributed by atoms with E-state index >= 15 is 0 Å². The highest BCUT2D eigenvalue weighted by Gasteiger charge is 2.15. The van der Waals surface area contributed by atoms with E-state index in [-0.39, 0.29) is 23.0 Å². The zero-order chi connectivity index (χ0) is 14.7. The molecule has 0 bridgehead atoms. The van der Waals surface area contributed by atoms with Crippen molar-refractivity contribution in [3.05, 3.63) is 44.9 Å². The Bertz CT molecular complexity index is 668. The maximum absolute atomic E-state index is 12.2. The molecule has 20 heavy (non-hydrogen) atoms. The molecule has 0 amide bonds. The second-order valence-corrected chi connectivity index (χ2v) is 5.58. The lowest BCUT2D eigenvalue weighted by Crippen LogP contribution is -2.25. The highest BCUT2D eigenvalue weighted by Crippen LogP contribution is 2.29. The highest BCUT2D eigenvalue weighted by molar-refractivity contribution is 9.10. The fraction of sp³-hybridized carbons (Fsp3) is 0.286. The monoisotopic (exact) mass is 337 g/mol. The van der Waals surface area contributed by atoms with Gasteiger partial charge < -0.3 is 15.4 Å². The third-order valence-electron chi connectivity index (χ3n) is 2.77. The van der Waals surface area contributed by atoms with Crippen molar-refractivity contribution in [1.82, 2.24) is 15.3 Å². The van der Waals surface area contributed by atoms with Crippen LogP contribution in [-0.4, -0.2) is 21.1 Å². The smallest absolute Gasteiger partial charge is 0.262 e. The van der Waals surface area contributed by atoms with Crippen molar-refractivity contribution in [3.8, 4) is 17.0 Å². The summed E-state index contributed by atoms with van der Waals surface area (Å²) in [6, 6.07) is 7.47. The minimum atomic E-state index is -0.357. The minimum Gasteiger partial charge on any atom is -0.493 e. The van der Waals surface area contributed by atoms with Crippen LogP contribution in [0.2, 0.25) is 0 Å². The predicted molar refractivity (Wildman–Crippen MR) is 81.6 cm³/mol.